The Labute approximate surface area is 94.8 Å². The molecular weight excluding hydrogens is 208 g/mol. The summed E-state index contributed by atoms with van der Waals surface area (Å²) in [7, 11) is 0. The molecule has 4 nitrogen and oxygen atoms in total. The quantitative estimate of drug-likeness (QED) is 0.773. The van der Waals surface area contributed by atoms with Crippen molar-refractivity contribution in [2.45, 2.75) is 20.0 Å². The first kappa shape index (κ1) is 12.5. The minimum absolute atomic E-state index is 0.0954. The molecule has 0 aliphatic carbocycles. The normalized spacial score (nSPS) is 11.9. The maximum atomic E-state index is 11.0. The average molecular weight is 224 g/mol. The van der Waals surface area contributed by atoms with E-state index in [-0.39, 0.29) is 12.6 Å². The summed E-state index contributed by atoms with van der Waals surface area (Å²) in [6, 6.07) is 6.93. The molecule has 1 N–H and O–H groups in total. The first-order chi connectivity index (χ1) is 7.63. The van der Waals surface area contributed by atoms with Gasteiger partial charge < -0.3 is 14.6 Å². The molecule has 0 aromatic heterocycles. The summed E-state index contributed by atoms with van der Waals surface area (Å²) in [4.78, 5) is 11.0. The van der Waals surface area contributed by atoms with Gasteiger partial charge in [0, 0.05) is 0 Å². The number of ether oxygens (including phenoxy) is 2. The molecule has 0 fully saturated rings. The highest BCUT2D eigenvalue weighted by molar-refractivity contribution is 5.71. The topological polar surface area (TPSA) is 55.8 Å². The van der Waals surface area contributed by atoms with Crippen molar-refractivity contribution < 1.29 is 19.4 Å². The Morgan fingerprint density at radius 2 is 2.00 bits per heavy atom. The molecule has 0 unspecified atom stereocenters. The van der Waals surface area contributed by atoms with Crippen LogP contribution in [0.2, 0.25) is 0 Å². The molecule has 0 aliphatic rings. The van der Waals surface area contributed by atoms with E-state index < -0.39 is 6.10 Å². The van der Waals surface area contributed by atoms with Gasteiger partial charge in [-0.1, -0.05) is 12.1 Å². The Morgan fingerprint density at radius 1 is 1.38 bits per heavy atom. The Morgan fingerprint density at radius 3 is 2.50 bits per heavy atom. The smallest absolute Gasteiger partial charge is 0.344 e. The number of hydrogen-bond donors (Lipinski definition) is 1. The van der Waals surface area contributed by atoms with Gasteiger partial charge in [-0.05, 0) is 31.5 Å². The van der Waals surface area contributed by atoms with Gasteiger partial charge in [0.15, 0.2) is 6.61 Å². The molecule has 0 aliphatic heterocycles. The average Bonchev–Trinajstić information content (AvgIpc) is 2.27. The summed E-state index contributed by atoms with van der Waals surface area (Å²) in [5.41, 5.74) is 0.809. The van der Waals surface area contributed by atoms with E-state index in [9.17, 15) is 9.90 Å². The SMILES string of the molecule is CCOC(=O)COc1ccc([C@H](C)O)cc1. The Balaban J connectivity index is 2.46. The molecule has 0 bridgehead atoms. The van der Waals surface area contributed by atoms with Crippen molar-refractivity contribution >= 4 is 5.97 Å². The van der Waals surface area contributed by atoms with Crippen LogP contribution in [0.3, 0.4) is 0 Å². The van der Waals surface area contributed by atoms with Crippen LogP contribution in [0.25, 0.3) is 0 Å². The van der Waals surface area contributed by atoms with E-state index in [4.69, 9.17) is 9.47 Å². The van der Waals surface area contributed by atoms with E-state index in [0.29, 0.717) is 12.4 Å². The second kappa shape index (κ2) is 6.12. The molecular formula is C12H16O4. The second-order valence-electron chi connectivity index (χ2n) is 3.34. The molecule has 0 saturated carbocycles. The molecule has 88 valence electrons. The molecule has 0 saturated heterocycles. The minimum Gasteiger partial charge on any atom is -0.482 e. The highest BCUT2D eigenvalue weighted by Crippen LogP contribution is 2.17. The van der Waals surface area contributed by atoms with Crippen molar-refractivity contribution in [2.75, 3.05) is 13.2 Å². The summed E-state index contributed by atoms with van der Waals surface area (Å²) in [6.45, 7) is 3.69. The van der Waals surface area contributed by atoms with E-state index in [1.807, 2.05) is 0 Å². The van der Waals surface area contributed by atoms with E-state index in [1.165, 1.54) is 0 Å². The molecule has 1 atom stereocenters. The molecule has 0 heterocycles. The van der Waals surface area contributed by atoms with E-state index in [2.05, 4.69) is 0 Å². The van der Waals surface area contributed by atoms with Crippen LogP contribution in [0, 0.1) is 0 Å². The highest BCUT2D eigenvalue weighted by atomic mass is 16.6. The van der Waals surface area contributed by atoms with Crippen molar-refractivity contribution in [3.05, 3.63) is 29.8 Å². The van der Waals surface area contributed by atoms with Crippen molar-refractivity contribution in [3.8, 4) is 5.75 Å². The van der Waals surface area contributed by atoms with Crippen molar-refractivity contribution in [1.29, 1.82) is 0 Å². The van der Waals surface area contributed by atoms with Gasteiger partial charge in [0.25, 0.3) is 0 Å². The molecule has 1 rings (SSSR count). The van der Waals surface area contributed by atoms with Gasteiger partial charge in [0.1, 0.15) is 5.75 Å². The largest absolute Gasteiger partial charge is 0.482 e. The van der Waals surface area contributed by atoms with Gasteiger partial charge >= 0.3 is 5.97 Å². The summed E-state index contributed by atoms with van der Waals surface area (Å²) in [5.74, 6) is 0.194. The highest BCUT2D eigenvalue weighted by Gasteiger charge is 2.04. The van der Waals surface area contributed by atoms with E-state index in [1.54, 1.807) is 38.1 Å². The van der Waals surface area contributed by atoms with Crippen LogP contribution >= 0.6 is 0 Å². The zero-order chi connectivity index (χ0) is 12.0. The van der Waals surface area contributed by atoms with Gasteiger partial charge in [-0.15, -0.1) is 0 Å². The standard InChI is InChI=1S/C12H16O4/c1-3-15-12(14)8-16-11-6-4-10(5-7-11)9(2)13/h4-7,9,13H,3,8H2,1-2H3/t9-/m0/s1. The van der Waals surface area contributed by atoms with Crippen LogP contribution in [-0.2, 0) is 9.53 Å². The molecule has 0 spiro atoms. The van der Waals surface area contributed by atoms with Gasteiger partial charge in [-0.2, -0.15) is 0 Å². The van der Waals surface area contributed by atoms with Crippen LogP contribution < -0.4 is 4.74 Å². The number of hydrogen-bond acceptors (Lipinski definition) is 4. The van der Waals surface area contributed by atoms with Gasteiger partial charge in [0.2, 0.25) is 0 Å². The zero-order valence-corrected chi connectivity index (χ0v) is 9.47. The fraction of sp³-hybridized carbons (Fsp3) is 0.417. The lowest BCUT2D eigenvalue weighted by Gasteiger charge is -2.07. The number of rotatable bonds is 5. The van der Waals surface area contributed by atoms with Crippen molar-refractivity contribution in [3.63, 3.8) is 0 Å². The fourth-order valence-corrected chi connectivity index (χ4v) is 1.19. The Kier molecular flexibility index (Phi) is 4.79. The number of esters is 1. The molecule has 0 amide bonds. The summed E-state index contributed by atoms with van der Waals surface area (Å²) in [6.07, 6.45) is -0.501. The third-order valence-electron chi connectivity index (χ3n) is 2.02. The van der Waals surface area contributed by atoms with Crippen LogP contribution in [0.5, 0.6) is 5.75 Å². The van der Waals surface area contributed by atoms with Crippen LogP contribution in [0.15, 0.2) is 24.3 Å². The Bertz CT molecular complexity index is 329. The van der Waals surface area contributed by atoms with Gasteiger partial charge in [0.05, 0.1) is 12.7 Å². The maximum Gasteiger partial charge on any atom is 0.344 e. The minimum atomic E-state index is -0.501. The molecule has 1 aromatic carbocycles. The molecule has 0 radical (unpaired) electrons. The van der Waals surface area contributed by atoms with E-state index in [0.717, 1.165) is 5.56 Å². The number of carbonyl (C=O) groups excluding carboxylic acids is 1. The summed E-state index contributed by atoms with van der Waals surface area (Å²) in [5, 5.41) is 9.29. The van der Waals surface area contributed by atoms with Crippen LogP contribution in [0.4, 0.5) is 0 Å². The zero-order valence-electron chi connectivity index (χ0n) is 9.47. The first-order valence-electron chi connectivity index (χ1n) is 5.20. The fourth-order valence-electron chi connectivity index (χ4n) is 1.19. The monoisotopic (exact) mass is 224 g/mol. The molecule has 16 heavy (non-hydrogen) atoms. The Hall–Kier alpha value is -1.55. The van der Waals surface area contributed by atoms with Gasteiger partial charge in [-0.25, -0.2) is 4.79 Å². The lowest BCUT2D eigenvalue weighted by atomic mass is 10.1. The summed E-state index contributed by atoms with van der Waals surface area (Å²) < 4.78 is 9.92. The van der Waals surface area contributed by atoms with Crippen LogP contribution in [-0.4, -0.2) is 24.3 Å². The second-order valence-corrected chi connectivity index (χ2v) is 3.34. The third kappa shape index (κ3) is 3.90. The maximum absolute atomic E-state index is 11.0. The molecule has 1 aromatic rings. The van der Waals surface area contributed by atoms with Crippen LogP contribution in [0.1, 0.15) is 25.5 Å². The number of aliphatic hydroxyl groups excluding tert-OH is 1. The first-order valence-corrected chi connectivity index (χ1v) is 5.20. The van der Waals surface area contributed by atoms with E-state index >= 15 is 0 Å². The lowest BCUT2D eigenvalue weighted by Crippen LogP contribution is -2.14. The third-order valence-corrected chi connectivity index (χ3v) is 2.02. The summed E-state index contributed by atoms with van der Waals surface area (Å²) >= 11 is 0. The molecule has 4 heteroatoms. The number of benzene rings is 1. The predicted molar refractivity (Wildman–Crippen MR) is 59.2 cm³/mol. The number of aliphatic hydroxyl groups is 1. The lowest BCUT2D eigenvalue weighted by molar-refractivity contribution is -0.145. The van der Waals surface area contributed by atoms with Crippen molar-refractivity contribution in [2.24, 2.45) is 0 Å². The number of carbonyl (C=O) groups is 1. The van der Waals surface area contributed by atoms with Gasteiger partial charge in [-0.3, -0.25) is 0 Å². The van der Waals surface area contributed by atoms with Crippen molar-refractivity contribution in [1.82, 2.24) is 0 Å². The predicted octanol–water partition coefficient (Wildman–Crippen LogP) is 1.68.